The van der Waals surface area contributed by atoms with Crippen LogP contribution < -0.4 is 10.6 Å². The van der Waals surface area contributed by atoms with Gasteiger partial charge in [-0.25, -0.2) is 9.59 Å². The third kappa shape index (κ3) is 5.84. The molecule has 0 bridgehead atoms. The average Bonchev–Trinajstić information content (AvgIpc) is 3.19. The Morgan fingerprint density at radius 2 is 1.57 bits per heavy atom. The highest BCUT2D eigenvalue weighted by Gasteiger charge is 2.31. The third-order valence-corrected chi connectivity index (χ3v) is 7.22. The lowest BCUT2D eigenvalue weighted by molar-refractivity contribution is -0.142. The van der Waals surface area contributed by atoms with Crippen molar-refractivity contribution in [1.29, 1.82) is 0 Å². The molecule has 4 rings (SSSR count). The van der Waals surface area contributed by atoms with Crippen LogP contribution in [-0.2, 0) is 14.3 Å². The van der Waals surface area contributed by atoms with E-state index in [1.807, 2.05) is 31.2 Å². The number of aliphatic carboxylic acids is 1. The third-order valence-electron chi connectivity index (χ3n) is 7.22. The second kappa shape index (κ2) is 11.4. The van der Waals surface area contributed by atoms with E-state index in [1.54, 1.807) is 0 Å². The highest BCUT2D eigenvalue weighted by molar-refractivity contribution is 5.85. The van der Waals surface area contributed by atoms with Crippen LogP contribution in [0.1, 0.15) is 68.9 Å². The van der Waals surface area contributed by atoms with Gasteiger partial charge in [-0.3, -0.25) is 4.79 Å². The molecule has 2 aromatic carbocycles. The van der Waals surface area contributed by atoms with Gasteiger partial charge in [0.25, 0.3) is 0 Å². The summed E-state index contributed by atoms with van der Waals surface area (Å²) in [6, 6.07) is 15.6. The Kier molecular flexibility index (Phi) is 8.06. The molecule has 0 unspecified atom stereocenters. The van der Waals surface area contributed by atoms with E-state index in [0.29, 0.717) is 32.1 Å². The maximum Gasteiger partial charge on any atom is 0.407 e. The van der Waals surface area contributed by atoms with Crippen molar-refractivity contribution in [3.05, 3.63) is 59.7 Å². The van der Waals surface area contributed by atoms with Gasteiger partial charge in [-0.05, 0) is 54.4 Å². The van der Waals surface area contributed by atoms with Crippen LogP contribution in [0.5, 0.6) is 0 Å². The molecule has 1 atom stereocenters. The number of amides is 2. The van der Waals surface area contributed by atoms with Gasteiger partial charge in [0.15, 0.2) is 0 Å². The number of fused-ring (bicyclic) bond motifs is 3. The van der Waals surface area contributed by atoms with Crippen molar-refractivity contribution in [2.75, 3.05) is 6.61 Å². The Bertz CT molecular complexity index is 1020. The van der Waals surface area contributed by atoms with Crippen molar-refractivity contribution < 1.29 is 24.2 Å². The van der Waals surface area contributed by atoms with Crippen LogP contribution in [0, 0.1) is 5.92 Å². The van der Waals surface area contributed by atoms with Crippen molar-refractivity contribution in [2.24, 2.45) is 5.92 Å². The Hall–Kier alpha value is -3.35. The first-order chi connectivity index (χ1) is 17.0. The lowest BCUT2D eigenvalue weighted by Crippen LogP contribution is -2.46. The number of carbonyl (C=O) groups excluding carboxylic acids is 2. The Morgan fingerprint density at radius 3 is 2.14 bits per heavy atom. The van der Waals surface area contributed by atoms with Crippen molar-refractivity contribution in [1.82, 2.24) is 10.6 Å². The fourth-order valence-corrected chi connectivity index (χ4v) is 5.26. The van der Waals surface area contributed by atoms with Crippen molar-refractivity contribution in [3.63, 3.8) is 0 Å². The molecule has 7 nitrogen and oxygen atoms in total. The number of hydrogen-bond acceptors (Lipinski definition) is 4. The van der Waals surface area contributed by atoms with Gasteiger partial charge in [0.2, 0.25) is 5.91 Å². The standard InChI is InChI=1S/C28H34N2O5/c1-2-3-12-25(27(32)33)30-26(31)18-13-15-19(16-14-18)29-28(34)35-17-24-22-10-6-4-8-20(22)21-9-5-7-11-23(21)24/h4-11,18-19,24-25H,2-3,12-17H2,1H3,(H,29,34)(H,30,31)(H,32,33)/t18?,19?,25-/m0/s1. The minimum absolute atomic E-state index is 0.0162. The molecule has 0 heterocycles. The monoisotopic (exact) mass is 478 g/mol. The smallest absolute Gasteiger partial charge is 0.407 e. The van der Waals surface area contributed by atoms with Crippen LogP contribution in [0.4, 0.5) is 4.79 Å². The van der Waals surface area contributed by atoms with Crippen molar-refractivity contribution in [3.8, 4) is 11.1 Å². The molecule has 2 aromatic rings. The number of alkyl carbamates (subject to hydrolysis) is 1. The van der Waals surface area contributed by atoms with Crippen LogP contribution in [0.3, 0.4) is 0 Å². The van der Waals surface area contributed by atoms with E-state index in [-0.39, 0.29) is 30.4 Å². The molecule has 7 heteroatoms. The molecule has 186 valence electrons. The lowest BCUT2D eigenvalue weighted by atomic mass is 9.85. The summed E-state index contributed by atoms with van der Waals surface area (Å²) >= 11 is 0. The summed E-state index contributed by atoms with van der Waals surface area (Å²) < 4.78 is 5.64. The maximum absolute atomic E-state index is 12.6. The molecule has 3 N–H and O–H groups in total. The van der Waals surface area contributed by atoms with Crippen LogP contribution in [-0.4, -0.2) is 41.8 Å². The van der Waals surface area contributed by atoms with Gasteiger partial charge in [0, 0.05) is 17.9 Å². The fourth-order valence-electron chi connectivity index (χ4n) is 5.26. The quantitative estimate of drug-likeness (QED) is 0.478. The number of rotatable bonds is 9. The number of nitrogens with one attached hydrogen (secondary N) is 2. The van der Waals surface area contributed by atoms with Crippen molar-refractivity contribution >= 4 is 18.0 Å². The summed E-state index contributed by atoms with van der Waals surface area (Å²) in [4.78, 5) is 36.5. The van der Waals surface area contributed by atoms with Gasteiger partial charge in [0.05, 0.1) is 0 Å². The highest BCUT2D eigenvalue weighted by Crippen LogP contribution is 2.44. The molecule has 2 aliphatic carbocycles. The number of benzene rings is 2. The summed E-state index contributed by atoms with van der Waals surface area (Å²) in [7, 11) is 0. The molecule has 1 saturated carbocycles. The van der Waals surface area contributed by atoms with Crippen LogP contribution in [0.25, 0.3) is 11.1 Å². The predicted octanol–water partition coefficient (Wildman–Crippen LogP) is 4.84. The minimum Gasteiger partial charge on any atom is -0.480 e. The Balaban J connectivity index is 1.24. The molecular weight excluding hydrogens is 444 g/mol. The van der Waals surface area contributed by atoms with Crippen LogP contribution in [0.15, 0.2) is 48.5 Å². The van der Waals surface area contributed by atoms with Gasteiger partial charge in [-0.15, -0.1) is 0 Å². The first kappa shape index (κ1) is 24.8. The van der Waals surface area contributed by atoms with Crippen LogP contribution in [0.2, 0.25) is 0 Å². The Labute approximate surface area is 206 Å². The highest BCUT2D eigenvalue weighted by atomic mass is 16.5. The van der Waals surface area contributed by atoms with Gasteiger partial charge in [-0.1, -0.05) is 68.3 Å². The van der Waals surface area contributed by atoms with Gasteiger partial charge >= 0.3 is 12.1 Å². The largest absolute Gasteiger partial charge is 0.480 e. The zero-order chi connectivity index (χ0) is 24.8. The summed E-state index contributed by atoms with van der Waals surface area (Å²) in [6.45, 7) is 2.26. The molecule has 0 saturated heterocycles. The summed E-state index contributed by atoms with van der Waals surface area (Å²) in [5.74, 6) is -1.40. The lowest BCUT2D eigenvalue weighted by Gasteiger charge is -2.29. The molecule has 35 heavy (non-hydrogen) atoms. The first-order valence-electron chi connectivity index (χ1n) is 12.6. The van der Waals surface area contributed by atoms with Gasteiger partial charge < -0.3 is 20.5 Å². The van der Waals surface area contributed by atoms with Crippen LogP contribution >= 0.6 is 0 Å². The van der Waals surface area contributed by atoms with Crippen molar-refractivity contribution in [2.45, 2.75) is 69.9 Å². The Morgan fingerprint density at radius 1 is 0.971 bits per heavy atom. The van der Waals surface area contributed by atoms with E-state index in [4.69, 9.17) is 4.74 Å². The molecular formula is C28H34N2O5. The summed E-state index contributed by atoms with van der Waals surface area (Å²) in [6.07, 6.45) is 4.19. The normalized spacial score (nSPS) is 19.8. The average molecular weight is 479 g/mol. The number of carboxylic acid groups (broad SMARTS) is 1. The number of carbonyl (C=O) groups is 3. The molecule has 2 amide bonds. The molecule has 2 aliphatic rings. The predicted molar refractivity (Wildman–Crippen MR) is 133 cm³/mol. The number of unbranched alkanes of at least 4 members (excludes halogenated alkanes) is 1. The van der Waals surface area contributed by atoms with E-state index >= 15 is 0 Å². The maximum atomic E-state index is 12.6. The topological polar surface area (TPSA) is 105 Å². The second-order valence-corrected chi connectivity index (χ2v) is 9.56. The SMILES string of the molecule is CCCC[C@H](NC(=O)C1CCC(NC(=O)OCC2c3ccccc3-c3ccccc32)CC1)C(=O)O. The summed E-state index contributed by atoms with van der Waals surface area (Å²) in [5.41, 5.74) is 4.72. The van der Waals surface area contributed by atoms with E-state index in [9.17, 15) is 19.5 Å². The summed E-state index contributed by atoms with van der Waals surface area (Å²) in [5, 5.41) is 15.0. The zero-order valence-corrected chi connectivity index (χ0v) is 20.2. The molecule has 0 spiro atoms. The van der Waals surface area contributed by atoms with E-state index < -0.39 is 18.1 Å². The molecule has 0 aromatic heterocycles. The first-order valence-corrected chi connectivity index (χ1v) is 12.6. The molecule has 0 radical (unpaired) electrons. The zero-order valence-electron chi connectivity index (χ0n) is 20.2. The van der Waals surface area contributed by atoms with E-state index in [2.05, 4.69) is 34.9 Å². The number of carboxylic acids is 1. The molecule has 0 aliphatic heterocycles. The van der Waals surface area contributed by atoms with Gasteiger partial charge in [-0.2, -0.15) is 0 Å². The second-order valence-electron chi connectivity index (χ2n) is 9.56. The number of ether oxygens (including phenoxy) is 1. The van der Waals surface area contributed by atoms with E-state index in [1.165, 1.54) is 22.3 Å². The van der Waals surface area contributed by atoms with E-state index in [0.717, 1.165) is 12.8 Å². The number of hydrogen-bond donors (Lipinski definition) is 3. The minimum atomic E-state index is -0.989. The van der Waals surface area contributed by atoms with Gasteiger partial charge in [0.1, 0.15) is 12.6 Å². The fraction of sp³-hybridized carbons (Fsp3) is 0.464. The molecule has 1 fully saturated rings.